The molecule has 2 N–H and O–H groups in total. The average molecular weight is 318 g/mol. The number of aryl methyl sites for hydroxylation is 1. The summed E-state index contributed by atoms with van der Waals surface area (Å²) in [5, 5.41) is 6.40. The minimum atomic E-state index is -0.248. The second-order valence-electron chi connectivity index (χ2n) is 5.63. The van der Waals surface area contributed by atoms with Crippen molar-refractivity contribution in [1.29, 1.82) is 0 Å². The first-order valence-corrected chi connectivity index (χ1v) is 8.33. The van der Waals surface area contributed by atoms with Gasteiger partial charge in [-0.2, -0.15) is 0 Å². The largest absolute Gasteiger partial charge is 0.349 e. The van der Waals surface area contributed by atoms with Crippen LogP contribution in [0.5, 0.6) is 0 Å². The molecule has 0 bridgehead atoms. The zero-order chi connectivity index (χ0) is 15.5. The summed E-state index contributed by atoms with van der Waals surface area (Å²) < 4.78 is 13.0. The van der Waals surface area contributed by atoms with Crippen molar-refractivity contribution in [2.75, 3.05) is 13.1 Å². The normalized spacial score (nSPS) is 15.7. The number of nitrogens with one attached hydrogen (secondary N) is 2. The van der Waals surface area contributed by atoms with Crippen LogP contribution in [0.1, 0.15) is 28.1 Å². The molecule has 2 aromatic rings. The van der Waals surface area contributed by atoms with Gasteiger partial charge in [0.1, 0.15) is 5.82 Å². The molecule has 2 heterocycles. The molecule has 1 amide bonds. The number of hydrogen-bond donors (Lipinski definition) is 2. The van der Waals surface area contributed by atoms with Gasteiger partial charge in [0, 0.05) is 10.9 Å². The fourth-order valence-corrected chi connectivity index (χ4v) is 3.79. The Morgan fingerprint density at radius 1 is 1.27 bits per heavy atom. The smallest absolute Gasteiger partial charge is 0.261 e. The van der Waals surface area contributed by atoms with E-state index in [2.05, 4.69) is 10.6 Å². The Labute approximate surface area is 133 Å². The average Bonchev–Trinajstić information content (AvgIpc) is 2.91. The first kappa shape index (κ1) is 15.2. The summed E-state index contributed by atoms with van der Waals surface area (Å²) in [5.74, 6) is -0.254. The van der Waals surface area contributed by atoms with Crippen molar-refractivity contribution < 1.29 is 9.18 Å². The van der Waals surface area contributed by atoms with Crippen molar-refractivity contribution in [2.24, 2.45) is 0 Å². The second-order valence-corrected chi connectivity index (χ2v) is 6.68. The lowest BCUT2D eigenvalue weighted by molar-refractivity contribution is 0.0933. The van der Waals surface area contributed by atoms with Gasteiger partial charge in [-0.05, 0) is 62.2 Å². The Balaban J connectivity index is 1.76. The molecule has 1 aromatic carbocycles. The van der Waals surface area contributed by atoms with Crippen LogP contribution in [0.25, 0.3) is 10.4 Å². The van der Waals surface area contributed by atoms with Gasteiger partial charge >= 0.3 is 0 Å². The van der Waals surface area contributed by atoms with E-state index in [9.17, 15) is 9.18 Å². The molecular formula is C17H19FN2OS. The van der Waals surface area contributed by atoms with E-state index in [1.807, 2.05) is 13.0 Å². The topological polar surface area (TPSA) is 41.1 Å². The van der Waals surface area contributed by atoms with E-state index in [0.717, 1.165) is 46.8 Å². The molecule has 1 fully saturated rings. The molecule has 3 rings (SSSR count). The molecule has 22 heavy (non-hydrogen) atoms. The molecule has 0 saturated carbocycles. The van der Waals surface area contributed by atoms with Crippen LogP contribution in [0.15, 0.2) is 30.3 Å². The fourth-order valence-electron chi connectivity index (χ4n) is 2.70. The molecule has 1 aromatic heterocycles. The number of benzene rings is 1. The summed E-state index contributed by atoms with van der Waals surface area (Å²) in [7, 11) is 0. The van der Waals surface area contributed by atoms with E-state index < -0.39 is 0 Å². The van der Waals surface area contributed by atoms with Gasteiger partial charge in [0.2, 0.25) is 0 Å². The zero-order valence-corrected chi connectivity index (χ0v) is 13.3. The van der Waals surface area contributed by atoms with Crippen molar-refractivity contribution >= 4 is 17.2 Å². The van der Waals surface area contributed by atoms with Gasteiger partial charge in [-0.3, -0.25) is 4.79 Å². The highest BCUT2D eigenvalue weighted by molar-refractivity contribution is 7.17. The van der Waals surface area contributed by atoms with Crippen molar-refractivity contribution in [2.45, 2.75) is 25.8 Å². The maximum atomic E-state index is 13.0. The van der Waals surface area contributed by atoms with Crippen molar-refractivity contribution in [3.63, 3.8) is 0 Å². The van der Waals surface area contributed by atoms with Crippen molar-refractivity contribution in [1.82, 2.24) is 10.6 Å². The van der Waals surface area contributed by atoms with E-state index >= 15 is 0 Å². The predicted octanol–water partition coefficient (Wildman–Crippen LogP) is 3.34. The van der Waals surface area contributed by atoms with Gasteiger partial charge in [-0.1, -0.05) is 12.1 Å². The van der Waals surface area contributed by atoms with Gasteiger partial charge < -0.3 is 10.6 Å². The summed E-state index contributed by atoms with van der Waals surface area (Å²) in [5.41, 5.74) is 2.00. The van der Waals surface area contributed by atoms with E-state index in [-0.39, 0.29) is 17.8 Å². The monoisotopic (exact) mass is 318 g/mol. The van der Waals surface area contributed by atoms with Gasteiger partial charge in [-0.25, -0.2) is 4.39 Å². The molecule has 0 aliphatic carbocycles. The summed E-state index contributed by atoms with van der Waals surface area (Å²) in [6.07, 6.45) is 1.95. The number of thiophene rings is 1. The van der Waals surface area contributed by atoms with Gasteiger partial charge in [0.25, 0.3) is 5.91 Å². The van der Waals surface area contributed by atoms with E-state index in [1.54, 1.807) is 12.1 Å². The fraction of sp³-hybridized carbons (Fsp3) is 0.353. The second kappa shape index (κ2) is 6.58. The lowest BCUT2D eigenvalue weighted by atomic mass is 10.1. The van der Waals surface area contributed by atoms with Crippen LogP contribution in [0.3, 0.4) is 0 Å². The first-order chi connectivity index (χ1) is 10.6. The van der Waals surface area contributed by atoms with Crippen LogP contribution in [-0.2, 0) is 0 Å². The summed E-state index contributed by atoms with van der Waals surface area (Å²) in [6, 6.07) is 8.57. The molecular weight excluding hydrogens is 299 g/mol. The lowest BCUT2D eigenvalue weighted by Gasteiger charge is -2.23. The number of piperidine rings is 1. The Kier molecular flexibility index (Phi) is 4.55. The Morgan fingerprint density at radius 2 is 1.95 bits per heavy atom. The minimum Gasteiger partial charge on any atom is -0.349 e. The van der Waals surface area contributed by atoms with Crippen LogP contribution in [0.4, 0.5) is 4.39 Å². The number of carbonyl (C=O) groups excluding carboxylic acids is 1. The van der Waals surface area contributed by atoms with Gasteiger partial charge in [0.15, 0.2) is 0 Å². The van der Waals surface area contributed by atoms with Crippen LogP contribution in [0, 0.1) is 12.7 Å². The third-order valence-electron chi connectivity index (χ3n) is 3.92. The Morgan fingerprint density at radius 3 is 2.64 bits per heavy atom. The van der Waals surface area contributed by atoms with E-state index in [0.29, 0.717) is 0 Å². The highest BCUT2D eigenvalue weighted by atomic mass is 32.1. The number of halogens is 1. The van der Waals surface area contributed by atoms with Crippen molar-refractivity contribution in [3.8, 4) is 10.4 Å². The van der Waals surface area contributed by atoms with Gasteiger partial charge in [0.05, 0.1) is 4.88 Å². The SMILES string of the molecule is Cc1cc(C(=O)NC2CCNCC2)sc1-c1ccc(F)cc1. The predicted molar refractivity (Wildman–Crippen MR) is 87.8 cm³/mol. The molecule has 0 spiro atoms. The molecule has 1 aliphatic heterocycles. The Hall–Kier alpha value is -1.72. The lowest BCUT2D eigenvalue weighted by Crippen LogP contribution is -2.42. The van der Waals surface area contributed by atoms with Crippen LogP contribution in [0.2, 0.25) is 0 Å². The van der Waals surface area contributed by atoms with Crippen LogP contribution >= 0.6 is 11.3 Å². The third-order valence-corrected chi connectivity index (χ3v) is 5.21. The van der Waals surface area contributed by atoms with E-state index in [4.69, 9.17) is 0 Å². The molecule has 1 saturated heterocycles. The molecule has 1 aliphatic rings. The van der Waals surface area contributed by atoms with Crippen LogP contribution in [-0.4, -0.2) is 25.0 Å². The van der Waals surface area contributed by atoms with Crippen molar-refractivity contribution in [3.05, 3.63) is 46.6 Å². The number of carbonyl (C=O) groups is 1. The minimum absolute atomic E-state index is 0.00615. The zero-order valence-electron chi connectivity index (χ0n) is 12.5. The van der Waals surface area contributed by atoms with E-state index in [1.165, 1.54) is 23.5 Å². The Bertz CT molecular complexity index is 660. The standard InChI is InChI=1S/C17H19FN2OS/c1-11-10-15(17(21)20-14-6-8-19-9-7-14)22-16(11)12-2-4-13(18)5-3-12/h2-5,10,14,19H,6-9H2,1H3,(H,20,21). The summed E-state index contributed by atoms with van der Waals surface area (Å²) in [6.45, 7) is 3.89. The molecule has 5 heteroatoms. The highest BCUT2D eigenvalue weighted by Gasteiger charge is 2.19. The van der Waals surface area contributed by atoms with Crippen LogP contribution < -0.4 is 10.6 Å². The molecule has 0 atom stereocenters. The van der Waals surface area contributed by atoms with Gasteiger partial charge in [-0.15, -0.1) is 11.3 Å². The molecule has 3 nitrogen and oxygen atoms in total. The maximum Gasteiger partial charge on any atom is 0.261 e. The summed E-state index contributed by atoms with van der Waals surface area (Å²) >= 11 is 1.47. The molecule has 0 unspecified atom stereocenters. The summed E-state index contributed by atoms with van der Waals surface area (Å²) in [4.78, 5) is 14.1. The highest BCUT2D eigenvalue weighted by Crippen LogP contribution is 2.32. The number of amides is 1. The number of rotatable bonds is 3. The molecule has 0 radical (unpaired) electrons. The maximum absolute atomic E-state index is 13.0. The quantitative estimate of drug-likeness (QED) is 0.911. The first-order valence-electron chi connectivity index (χ1n) is 7.51. The molecule has 116 valence electrons. The third kappa shape index (κ3) is 3.36. The number of hydrogen-bond acceptors (Lipinski definition) is 3.